The van der Waals surface area contributed by atoms with E-state index >= 15 is 0 Å². The Morgan fingerprint density at radius 2 is 1.71 bits per heavy atom. The zero-order valence-electron chi connectivity index (χ0n) is 12.9. The molecule has 0 aromatic heterocycles. The Morgan fingerprint density at radius 3 is 2.42 bits per heavy atom. The molecule has 2 aromatic carbocycles. The molecule has 0 atom stereocenters. The topological polar surface area (TPSA) is 70.6 Å². The second kappa shape index (κ2) is 7.30. The fourth-order valence-corrected chi connectivity index (χ4v) is 3.17. The smallest absolute Gasteiger partial charge is 0.308 e. The standard InChI is InChI=1S/C18H16ClN3O2/c19-16-9-10-17(15-4-2-1-3-14(15)16)22-18(24)21-13-7-5-12(6-8-13)20-11-23/h5-10H,1-4H2,(H2,21,22,24). The van der Waals surface area contributed by atoms with Gasteiger partial charge in [-0.15, -0.1) is 0 Å². The largest absolute Gasteiger partial charge is 0.323 e. The Kier molecular flexibility index (Phi) is 4.94. The number of isocyanates is 1. The van der Waals surface area contributed by atoms with Crippen LogP contribution >= 0.6 is 11.6 Å². The van der Waals surface area contributed by atoms with Crippen LogP contribution in [-0.2, 0) is 17.6 Å². The molecule has 2 aromatic rings. The Morgan fingerprint density at radius 1 is 1.00 bits per heavy atom. The van der Waals surface area contributed by atoms with Gasteiger partial charge in [0.15, 0.2) is 0 Å². The fraction of sp³-hybridized carbons (Fsp3) is 0.222. The SMILES string of the molecule is O=C=Nc1ccc(NC(=O)Nc2ccc(Cl)c3c2CCCC3)cc1. The van der Waals surface area contributed by atoms with Crippen LogP contribution in [0.15, 0.2) is 41.4 Å². The van der Waals surface area contributed by atoms with Crippen LogP contribution in [0, 0.1) is 0 Å². The summed E-state index contributed by atoms with van der Waals surface area (Å²) >= 11 is 6.26. The van der Waals surface area contributed by atoms with Gasteiger partial charge >= 0.3 is 6.03 Å². The Bertz CT molecular complexity index is 812. The minimum absolute atomic E-state index is 0.322. The van der Waals surface area contributed by atoms with Gasteiger partial charge in [0.25, 0.3) is 0 Å². The number of urea groups is 1. The summed E-state index contributed by atoms with van der Waals surface area (Å²) in [5.41, 5.74) is 4.16. The number of amides is 2. The summed E-state index contributed by atoms with van der Waals surface area (Å²) in [5, 5.41) is 6.41. The van der Waals surface area contributed by atoms with E-state index < -0.39 is 0 Å². The highest BCUT2D eigenvalue weighted by molar-refractivity contribution is 6.31. The van der Waals surface area contributed by atoms with E-state index in [1.54, 1.807) is 24.3 Å². The van der Waals surface area contributed by atoms with Gasteiger partial charge in [-0.2, -0.15) is 4.99 Å². The number of hydrogen-bond donors (Lipinski definition) is 2. The van der Waals surface area contributed by atoms with E-state index in [9.17, 15) is 9.59 Å². The van der Waals surface area contributed by atoms with Crippen LogP contribution in [0.1, 0.15) is 24.0 Å². The Balaban J connectivity index is 1.72. The van der Waals surface area contributed by atoms with Crippen LogP contribution in [0.4, 0.5) is 21.9 Å². The Hall–Kier alpha value is -2.62. The van der Waals surface area contributed by atoms with Crippen molar-refractivity contribution in [1.82, 2.24) is 0 Å². The molecule has 0 unspecified atom stereocenters. The summed E-state index contributed by atoms with van der Waals surface area (Å²) in [6.07, 6.45) is 5.57. The van der Waals surface area contributed by atoms with Crippen molar-refractivity contribution in [3.63, 3.8) is 0 Å². The third kappa shape index (κ3) is 3.65. The molecule has 6 heteroatoms. The van der Waals surface area contributed by atoms with E-state index in [0.717, 1.165) is 47.5 Å². The summed E-state index contributed by atoms with van der Waals surface area (Å²) in [7, 11) is 0. The average molecular weight is 342 g/mol. The van der Waals surface area contributed by atoms with Gasteiger partial charge in [0.05, 0.1) is 5.69 Å². The number of anilines is 2. The van der Waals surface area contributed by atoms with Gasteiger partial charge in [-0.3, -0.25) is 0 Å². The first kappa shape index (κ1) is 16.2. The molecule has 1 aliphatic rings. The van der Waals surface area contributed by atoms with Crippen molar-refractivity contribution in [2.45, 2.75) is 25.7 Å². The van der Waals surface area contributed by atoms with Gasteiger partial charge in [0.1, 0.15) is 0 Å². The van der Waals surface area contributed by atoms with Crippen LogP contribution in [0.25, 0.3) is 0 Å². The molecular formula is C18H16ClN3O2. The number of hydrogen-bond acceptors (Lipinski definition) is 3. The number of rotatable bonds is 3. The second-order valence-electron chi connectivity index (χ2n) is 5.59. The minimum Gasteiger partial charge on any atom is -0.308 e. The van der Waals surface area contributed by atoms with Gasteiger partial charge in [0, 0.05) is 16.4 Å². The molecular weight excluding hydrogens is 326 g/mol. The molecule has 0 saturated carbocycles. The molecule has 1 aliphatic carbocycles. The first-order chi connectivity index (χ1) is 11.7. The lowest BCUT2D eigenvalue weighted by atomic mass is 9.90. The van der Waals surface area contributed by atoms with E-state index in [-0.39, 0.29) is 6.03 Å². The zero-order valence-corrected chi connectivity index (χ0v) is 13.7. The summed E-state index contributed by atoms with van der Waals surface area (Å²) in [4.78, 5) is 25.9. The lowest BCUT2D eigenvalue weighted by Gasteiger charge is -2.21. The fourth-order valence-electron chi connectivity index (χ4n) is 2.90. The molecule has 24 heavy (non-hydrogen) atoms. The molecule has 0 saturated heterocycles. The van der Waals surface area contributed by atoms with Crippen molar-refractivity contribution in [3.05, 3.63) is 52.5 Å². The first-order valence-electron chi connectivity index (χ1n) is 7.73. The molecule has 5 nitrogen and oxygen atoms in total. The molecule has 0 fully saturated rings. The maximum Gasteiger partial charge on any atom is 0.323 e. The van der Waals surface area contributed by atoms with Gasteiger partial charge in [0.2, 0.25) is 6.08 Å². The van der Waals surface area contributed by atoms with Gasteiger partial charge in [-0.1, -0.05) is 11.6 Å². The molecule has 2 amide bonds. The lowest BCUT2D eigenvalue weighted by Crippen LogP contribution is -2.21. The van der Waals surface area contributed by atoms with E-state index in [4.69, 9.17) is 11.6 Å². The number of carbonyl (C=O) groups is 1. The zero-order chi connectivity index (χ0) is 16.9. The van der Waals surface area contributed by atoms with Crippen LogP contribution in [0.5, 0.6) is 0 Å². The van der Waals surface area contributed by atoms with Crippen LogP contribution in [-0.4, -0.2) is 12.1 Å². The number of nitrogens with one attached hydrogen (secondary N) is 2. The quantitative estimate of drug-likeness (QED) is 0.620. The van der Waals surface area contributed by atoms with Gasteiger partial charge in [-0.05, 0) is 73.2 Å². The van der Waals surface area contributed by atoms with Gasteiger partial charge < -0.3 is 10.6 Å². The minimum atomic E-state index is -0.322. The monoisotopic (exact) mass is 341 g/mol. The van der Waals surface area contributed by atoms with Crippen molar-refractivity contribution >= 4 is 40.8 Å². The second-order valence-corrected chi connectivity index (χ2v) is 6.00. The van der Waals surface area contributed by atoms with Gasteiger partial charge in [-0.25, -0.2) is 9.59 Å². The highest BCUT2D eigenvalue weighted by Crippen LogP contribution is 2.33. The third-order valence-corrected chi connectivity index (χ3v) is 4.38. The molecule has 0 radical (unpaired) electrons. The maximum atomic E-state index is 12.2. The highest BCUT2D eigenvalue weighted by atomic mass is 35.5. The number of benzene rings is 2. The number of halogens is 1. The van der Waals surface area contributed by atoms with Crippen LogP contribution in [0.2, 0.25) is 5.02 Å². The van der Waals surface area contributed by atoms with Crippen LogP contribution < -0.4 is 10.6 Å². The highest BCUT2D eigenvalue weighted by Gasteiger charge is 2.17. The van der Waals surface area contributed by atoms with E-state index in [1.165, 1.54) is 6.08 Å². The normalized spacial score (nSPS) is 12.7. The lowest BCUT2D eigenvalue weighted by molar-refractivity contribution is 0.262. The molecule has 2 N–H and O–H groups in total. The predicted octanol–water partition coefficient (Wildman–Crippen LogP) is 4.83. The van der Waals surface area contributed by atoms with Crippen molar-refractivity contribution in [2.24, 2.45) is 4.99 Å². The number of fused-ring (bicyclic) bond motifs is 1. The number of nitrogens with zero attached hydrogens (tertiary/aromatic N) is 1. The summed E-state index contributed by atoms with van der Waals surface area (Å²) in [5.74, 6) is 0. The van der Waals surface area contributed by atoms with E-state index in [2.05, 4.69) is 15.6 Å². The molecule has 3 rings (SSSR count). The molecule has 0 aliphatic heterocycles. The maximum absolute atomic E-state index is 12.2. The summed E-state index contributed by atoms with van der Waals surface area (Å²) < 4.78 is 0. The molecule has 0 spiro atoms. The van der Waals surface area contributed by atoms with E-state index in [1.807, 2.05) is 12.1 Å². The Labute approximate surface area is 144 Å². The number of carbonyl (C=O) groups excluding carboxylic acids is 2. The van der Waals surface area contributed by atoms with Crippen molar-refractivity contribution < 1.29 is 9.59 Å². The number of aliphatic imine (C=N–C) groups is 1. The average Bonchev–Trinajstić information content (AvgIpc) is 2.60. The third-order valence-electron chi connectivity index (χ3n) is 4.03. The molecule has 122 valence electrons. The van der Waals surface area contributed by atoms with Crippen molar-refractivity contribution in [1.29, 1.82) is 0 Å². The molecule has 0 heterocycles. The predicted molar refractivity (Wildman–Crippen MR) is 95.0 cm³/mol. The molecule has 0 bridgehead atoms. The first-order valence-corrected chi connectivity index (χ1v) is 8.11. The summed E-state index contributed by atoms with van der Waals surface area (Å²) in [6, 6.07) is 9.95. The van der Waals surface area contributed by atoms with Crippen molar-refractivity contribution in [2.75, 3.05) is 10.6 Å². The van der Waals surface area contributed by atoms with Crippen LogP contribution in [0.3, 0.4) is 0 Å². The van der Waals surface area contributed by atoms with Crippen molar-refractivity contribution in [3.8, 4) is 0 Å². The summed E-state index contributed by atoms with van der Waals surface area (Å²) in [6.45, 7) is 0. The van der Waals surface area contributed by atoms with E-state index in [0.29, 0.717) is 11.4 Å².